The molecule has 2 atom stereocenters. The standard InChI is InChI=1S/C32H40N4O4S/c1-32(2,3)41(39)36-21-25-20-27(31(38)35-15-13-34(4)14-16-35)33-30(29(25)28(36)12-17-37)24-10-6-8-22(18-24)23-9-7-11-26(19-23)40-5/h6-11,18-20,28,37H,12-17,21H2,1-5H3/t28-,41-/m1/s1. The average Bonchev–Trinajstić information content (AvgIpc) is 3.34. The molecular weight excluding hydrogens is 536 g/mol. The van der Waals surface area contributed by atoms with E-state index in [1.54, 1.807) is 7.11 Å². The molecule has 3 heterocycles. The van der Waals surface area contributed by atoms with Crippen LogP contribution in [0, 0.1) is 0 Å². The summed E-state index contributed by atoms with van der Waals surface area (Å²) in [7, 11) is 2.40. The zero-order valence-corrected chi connectivity index (χ0v) is 25.4. The number of benzene rings is 2. The van der Waals surface area contributed by atoms with Crippen LogP contribution in [-0.2, 0) is 17.5 Å². The van der Waals surface area contributed by atoms with Crippen LogP contribution in [0.2, 0.25) is 0 Å². The Morgan fingerprint density at radius 2 is 1.68 bits per heavy atom. The van der Waals surface area contributed by atoms with Gasteiger partial charge in [-0.05, 0) is 75.2 Å². The Morgan fingerprint density at radius 3 is 2.34 bits per heavy atom. The summed E-state index contributed by atoms with van der Waals surface area (Å²) in [6.45, 7) is 9.21. The quantitative estimate of drug-likeness (QED) is 0.446. The van der Waals surface area contributed by atoms with Crippen LogP contribution >= 0.6 is 0 Å². The van der Waals surface area contributed by atoms with Gasteiger partial charge in [0.2, 0.25) is 0 Å². The van der Waals surface area contributed by atoms with Crippen molar-refractivity contribution in [1.29, 1.82) is 0 Å². The topological polar surface area (TPSA) is 86.2 Å². The second kappa shape index (κ2) is 12.0. The number of piperazine rings is 1. The molecule has 2 aliphatic heterocycles. The largest absolute Gasteiger partial charge is 0.497 e. The summed E-state index contributed by atoms with van der Waals surface area (Å²) in [6.07, 6.45) is 0.421. The van der Waals surface area contributed by atoms with Crippen LogP contribution in [0.25, 0.3) is 22.4 Å². The van der Waals surface area contributed by atoms with E-state index in [9.17, 15) is 14.1 Å². The predicted octanol–water partition coefficient (Wildman–Crippen LogP) is 4.51. The van der Waals surface area contributed by atoms with Crippen LogP contribution in [-0.4, -0.2) is 86.0 Å². The minimum Gasteiger partial charge on any atom is -0.497 e. The summed E-state index contributed by atoms with van der Waals surface area (Å²) in [5.74, 6) is 0.690. The third kappa shape index (κ3) is 6.09. The highest BCUT2D eigenvalue weighted by molar-refractivity contribution is 7.84. The van der Waals surface area contributed by atoms with E-state index in [0.717, 1.165) is 46.7 Å². The highest BCUT2D eigenvalue weighted by atomic mass is 32.2. The van der Waals surface area contributed by atoms with Gasteiger partial charge in [-0.2, -0.15) is 0 Å². The van der Waals surface area contributed by atoms with Gasteiger partial charge in [0.25, 0.3) is 5.91 Å². The molecule has 0 saturated carbocycles. The molecule has 3 aromatic rings. The Balaban J connectivity index is 1.64. The van der Waals surface area contributed by atoms with E-state index in [0.29, 0.717) is 37.4 Å². The molecule has 8 nitrogen and oxygen atoms in total. The molecule has 0 unspecified atom stereocenters. The maximum atomic E-state index is 13.7. The van der Waals surface area contributed by atoms with Crippen molar-refractivity contribution in [2.45, 2.75) is 44.5 Å². The fraction of sp³-hybridized carbons (Fsp3) is 0.438. The Hall–Kier alpha value is -3.11. The maximum Gasteiger partial charge on any atom is 0.272 e. The first-order valence-electron chi connectivity index (χ1n) is 14.2. The van der Waals surface area contributed by atoms with Gasteiger partial charge in [-0.1, -0.05) is 30.3 Å². The molecule has 1 aromatic heterocycles. The van der Waals surface area contributed by atoms with Gasteiger partial charge in [-0.25, -0.2) is 13.5 Å². The molecule has 0 spiro atoms. The highest BCUT2D eigenvalue weighted by Gasteiger charge is 2.40. The van der Waals surface area contributed by atoms with Crippen LogP contribution in [0.15, 0.2) is 54.6 Å². The molecule has 1 N–H and O–H groups in total. The number of fused-ring (bicyclic) bond motifs is 1. The van der Waals surface area contributed by atoms with Crippen molar-refractivity contribution in [2.75, 3.05) is 46.9 Å². The van der Waals surface area contributed by atoms with Crippen molar-refractivity contribution >= 4 is 16.9 Å². The molecule has 5 rings (SSSR count). The van der Waals surface area contributed by atoms with E-state index in [-0.39, 0.29) is 18.6 Å². The number of methoxy groups -OCH3 is 1. The SMILES string of the molecule is COc1cccc(-c2cccc(-c3nc(C(=O)N4CCN(C)CC4)cc4c3[C@@H](CCO)N([S@](=O)C(C)(C)C)C4)c2)c1. The number of carbonyl (C=O) groups is 1. The zero-order valence-electron chi connectivity index (χ0n) is 24.6. The molecule has 2 aromatic carbocycles. The van der Waals surface area contributed by atoms with Gasteiger partial charge in [-0.15, -0.1) is 0 Å². The third-order valence-electron chi connectivity index (χ3n) is 7.84. The van der Waals surface area contributed by atoms with Gasteiger partial charge in [0, 0.05) is 50.5 Å². The number of carbonyl (C=O) groups excluding carboxylic acids is 1. The minimum atomic E-state index is -1.32. The summed E-state index contributed by atoms with van der Waals surface area (Å²) in [4.78, 5) is 22.9. The Kier molecular flexibility index (Phi) is 8.61. The summed E-state index contributed by atoms with van der Waals surface area (Å²) < 4.78 is 20.6. The fourth-order valence-electron chi connectivity index (χ4n) is 5.62. The Bertz CT molecular complexity index is 1450. The smallest absolute Gasteiger partial charge is 0.272 e. The number of likely N-dealkylation sites (N-methyl/N-ethyl adjacent to an activating group) is 1. The first kappa shape index (κ1) is 29.4. The molecule has 2 aliphatic rings. The van der Waals surface area contributed by atoms with Crippen LogP contribution < -0.4 is 4.74 Å². The Morgan fingerprint density at radius 1 is 1.02 bits per heavy atom. The van der Waals surface area contributed by atoms with Gasteiger partial charge in [-0.3, -0.25) is 4.79 Å². The molecule has 41 heavy (non-hydrogen) atoms. The normalized spacial score (nSPS) is 18.8. The molecule has 1 saturated heterocycles. The highest BCUT2D eigenvalue weighted by Crippen LogP contribution is 2.44. The second-order valence-corrected chi connectivity index (χ2v) is 14.0. The number of aliphatic hydroxyl groups excluding tert-OH is 1. The number of rotatable bonds is 7. The number of nitrogens with zero attached hydrogens (tertiary/aromatic N) is 4. The van der Waals surface area contributed by atoms with Crippen molar-refractivity contribution in [3.63, 3.8) is 0 Å². The van der Waals surface area contributed by atoms with E-state index < -0.39 is 15.7 Å². The second-order valence-electron chi connectivity index (χ2n) is 11.8. The van der Waals surface area contributed by atoms with Gasteiger partial charge in [0.05, 0.1) is 23.6 Å². The molecular formula is C32H40N4O4S. The molecule has 1 fully saturated rings. The number of amides is 1. The molecule has 218 valence electrons. The van der Waals surface area contributed by atoms with Crippen LogP contribution in [0.1, 0.15) is 54.8 Å². The molecule has 1 amide bonds. The van der Waals surface area contributed by atoms with Crippen molar-refractivity contribution in [3.05, 3.63) is 71.4 Å². The molecule has 0 aliphatic carbocycles. The van der Waals surface area contributed by atoms with Gasteiger partial charge in [0.15, 0.2) is 0 Å². The third-order valence-corrected chi connectivity index (χ3v) is 9.70. The number of hydrogen-bond acceptors (Lipinski definition) is 6. The average molecular weight is 577 g/mol. The number of aliphatic hydroxyl groups is 1. The first-order valence-corrected chi connectivity index (χ1v) is 15.3. The first-order chi connectivity index (χ1) is 19.6. The van der Waals surface area contributed by atoms with Crippen molar-refractivity contribution in [2.24, 2.45) is 0 Å². The fourth-order valence-corrected chi connectivity index (χ4v) is 7.02. The number of hydrogen-bond donors (Lipinski definition) is 1. The van der Waals surface area contributed by atoms with Crippen LogP contribution in [0.4, 0.5) is 0 Å². The van der Waals surface area contributed by atoms with Gasteiger partial charge in [0.1, 0.15) is 22.4 Å². The lowest BCUT2D eigenvalue weighted by Gasteiger charge is -2.32. The number of ether oxygens (including phenoxy) is 1. The minimum absolute atomic E-state index is 0.0484. The molecule has 0 radical (unpaired) electrons. The van der Waals surface area contributed by atoms with Crippen molar-refractivity contribution in [1.82, 2.24) is 19.1 Å². The monoisotopic (exact) mass is 576 g/mol. The zero-order chi connectivity index (χ0) is 29.3. The van der Waals surface area contributed by atoms with E-state index in [1.165, 1.54) is 0 Å². The summed E-state index contributed by atoms with van der Waals surface area (Å²) in [5, 5.41) is 10.1. The predicted molar refractivity (Wildman–Crippen MR) is 163 cm³/mol. The lowest BCUT2D eigenvalue weighted by Crippen LogP contribution is -2.47. The summed E-state index contributed by atoms with van der Waals surface area (Å²) in [5.41, 5.74) is 5.87. The van der Waals surface area contributed by atoms with Gasteiger partial charge >= 0.3 is 0 Å². The van der Waals surface area contributed by atoms with E-state index >= 15 is 0 Å². The Labute approximate surface area is 245 Å². The van der Waals surface area contributed by atoms with Gasteiger partial charge < -0.3 is 19.6 Å². The number of pyridine rings is 1. The number of aromatic nitrogens is 1. The molecule has 9 heteroatoms. The van der Waals surface area contributed by atoms with Crippen molar-refractivity contribution < 1.29 is 18.8 Å². The summed E-state index contributed by atoms with van der Waals surface area (Å²) >= 11 is 0. The van der Waals surface area contributed by atoms with Crippen LogP contribution in [0.3, 0.4) is 0 Å². The maximum absolute atomic E-state index is 13.7. The lowest BCUT2D eigenvalue weighted by molar-refractivity contribution is 0.0658. The molecule has 0 bridgehead atoms. The van der Waals surface area contributed by atoms with Crippen molar-refractivity contribution in [3.8, 4) is 28.1 Å². The van der Waals surface area contributed by atoms with Crippen LogP contribution in [0.5, 0.6) is 5.75 Å². The lowest BCUT2D eigenvalue weighted by atomic mass is 9.94. The van der Waals surface area contributed by atoms with E-state index in [2.05, 4.69) is 18.0 Å². The summed E-state index contributed by atoms with van der Waals surface area (Å²) in [6, 6.07) is 17.6. The van der Waals surface area contributed by atoms with E-state index in [4.69, 9.17) is 9.72 Å². The van der Waals surface area contributed by atoms with E-state index in [1.807, 2.05) is 78.5 Å².